The molecule has 0 aromatic rings. The number of piperazine rings is 1. The number of unbranched alkanes of at least 4 members (excludes halogenated alkanes) is 4. The van der Waals surface area contributed by atoms with Gasteiger partial charge in [0.05, 0.1) is 6.54 Å². The summed E-state index contributed by atoms with van der Waals surface area (Å²) in [4.78, 5) is 16.6. The lowest BCUT2D eigenvalue weighted by Gasteiger charge is -2.37. The molecule has 0 aromatic carbocycles. The predicted octanol–water partition coefficient (Wildman–Crippen LogP) is 4.32. The summed E-state index contributed by atoms with van der Waals surface area (Å²) >= 11 is 0. The van der Waals surface area contributed by atoms with Crippen LogP contribution in [0.25, 0.3) is 0 Å². The van der Waals surface area contributed by atoms with Gasteiger partial charge in [0.1, 0.15) is 0 Å². The first kappa shape index (κ1) is 19.5. The molecule has 1 atom stereocenters. The molecule has 1 amide bonds. The van der Waals surface area contributed by atoms with Crippen LogP contribution in [0, 0.1) is 5.41 Å². The molecule has 1 aliphatic rings. The first-order valence-corrected chi connectivity index (χ1v) is 9.35. The Balaban J connectivity index is 2.06. The fourth-order valence-corrected chi connectivity index (χ4v) is 3.13. The van der Waals surface area contributed by atoms with E-state index in [2.05, 4.69) is 44.4 Å². The van der Waals surface area contributed by atoms with Crippen molar-refractivity contribution in [1.29, 1.82) is 0 Å². The minimum Gasteiger partial charge on any atom is -0.338 e. The zero-order chi connectivity index (χ0) is 16.6. The van der Waals surface area contributed by atoms with Gasteiger partial charge in [0, 0.05) is 19.1 Å². The SMILES string of the molecule is CCC(C)N1CCN(CCCCCCCC(C)(C)C)CC1=O. The molecular formula is C19H38N2O. The fraction of sp³-hybridized carbons (Fsp3) is 0.947. The first-order valence-electron chi connectivity index (χ1n) is 9.35. The van der Waals surface area contributed by atoms with Crippen LogP contribution >= 0.6 is 0 Å². The second-order valence-corrected chi connectivity index (χ2v) is 8.20. The molecule has 1 heterocycles. The molecule has 0 aromatic heterocycles. The van der Waals surface area contributed by atoms with Crippen molar-refractivity contribution >= 4 is 5.91 Å². The number of carbonyl (C=O) groups excluding carboxylic acids is 1. The molecule has 0 aliphatic carbocycles. The van der Waals surface area contributed by atoms with Gasteiger partial charge in [-0.3, -0.25) is 9.69 Å². The maximum Gasteiger partial charge on any atom is 0.237 e. The van der Waals surface area contributed by atoms with Crippen LogP contribution < -0.4 is 0 Å². The van der Waals surface area contributed by atoms with Crippen molar-refractivity contribution in [2.24, 2.45) is 5.41 Å². The van der Waals surface area contributed by atoms with E-state index in [1.165, 1.54) is 38.5 Å². The molecule has 1 fully saturated rings. The third kappa shape index (κ3) is 7.62. The summed E-state index contributed by atoms with van der Waals surface area (Å²) in [6.45, 7) is 15.0. The molecule has 0 spiro atoms. The van der Waals surface area contributed by atoms with E-state index < -0.39 is 0 Å². The average molecular weight is 311 g/mol. The largest absolute Gasteiger partial charge is 0.338 e. The first-order chi connectivity index (χ1) is 10.3. The highest BCUT2D eigenvalue weighted by atomic mass is 16.2. The molecule has 130 valence electrons. The highest BCUT2D eigenvalue weighted by Gasteiger charge is 2.26. The van der Waals surface area contributed by atoms with Gasteiger partial charge in [-0.1, -0.05) is 53.4 Å². The lowest BCUT2D eigenvalue weighted by atomic mass is 9.89. The molecule has 3 nitrogen and oxygen atoms in total. The monoisotopic (exact) mass is 310 g/mol. The van der Waals surface area contributed by atoms with E-state index >= 15 is 0 Å². The maximum absolute atomic E-state index is 12.2. The Morgan fingerprint density at radius 3 is 2.27 bits per heavy atom. The Morgan fingerprint density at radius 2 is 1.68 bits per heavy atom. The molecule has 1 saturated heterocycles. The number of rotatable bonds is 9. The van der Waals surface area contributed by atoms with Gasteiger partial charge in [0.25, 0.3) is 0 Å². The number of hydrogen-bond donors (Lipinski definition) is 0. The van der Waals surface area contributed by atoms with Gasteiger partial charge in [0.15, 0.2) is 0 Å². The lowest BCUT2D eigenvalue weighted by molar-refractivity contribution is -0.138. The van der Waals surface area contributed by atoms with E-state index in [0.717, 1.165) is 26.1 Å². The molecule has 0 N–H and O–H groups in total. The topological polar surface area (TPSA) is 23.6 Å². The van der Waals surface area contributed by atoms with E-state index in [9.17, 15) is 4.79 Å². The lowest BCUT2D eigenvalue weighted by Crippen LogP contribution is -2.53. The highest BCUT2D eigenvalue weighted by molar-refractivity contribution is 5.79. The van der Waals surface area contributed by atoms with Gasteiger partial charge in [-0.2, -0.15) is 0 Å². The third-order valence-electron chi connectivity index (χ3n) is 4.86. The normalized spacial score (nSPS) is 18.8. The Hall–Kier alpha value is -0.570. The van der Waals surface area contributed by atoms with Crippen molar-refractivity contribution in [2.45, 2.75) is 85.6 Å². The van der Waals surface area contributed by atoms with Crippen LogP contribution in [-0.2, 0) is 4.79 Å². The number of carbonyl (C=O) groups is 1. The van der Waals surface area contributed by atoms with E-state index in [-0.39, 0.29) is 0 Å². The van der Waals surface area contributed by atoms with Crippen LogP contribution in [0.1, 0.15) is 79.6 Å². The van der Waals surface area contributed by atoms with Crippen LogP contribution in [0.5, 0.6) is 0 Å². The third-order valence-corrected chi connectivity index (χ3v) is 4.86. The summed E-state index contributed by atoms with van der Waals surface area (Å²) in [7, 11) is 0. The minimum absolute atomic E-state index is 0.325. The van der Waals surface area contributed by atoms with Crippen LogP contribution in [0.4, 0.5) is 0 Å². The molecule has 1 aliphatic heterocycles. The smallest absolute Gasteiger partial charge is 0.237 e. The van der Waals surface area contributed by atoms with Crippen molar-refractivity contribution in [2.75, 3.05) is 26.2 Å². The van der Waals surface area contributed by atoms with Gasteiger partial charge < -0.3 is 4.90 Å². The van der Waals surface area contributed by atoms with Gasteiger partial charge >= 0.3 is 0 Å². The molecule has 1 unspecified atom stereocenters. The van der Waals surface area contributed by atoms with Crippen molar-refractivity contribution in [3.8, 4) is 0 Å². The van der Waals surface area contributed by atoms with Gasteiger partial charge in [0.2, 0.25) is 5.91 Å². The average Bonchev–Trinajstić information content (AvgIpc) is 2.44. The molecule has 0 bridgehead atoms. The van der Waals surface area contributed by atoms with Crippen LogP contribution in [0.3, 0.4) is 0 Å². The quantitative estimate of drug-likeness (QED) is 0.592. The minimum atomic E-state index is 0.325. The molecular weight excluding hydrogens is 272 g/mol. The Kier molecular flexibility index (Phi) is 8.45. The molecule has 0 saturated carbocycles. The Morgan fingerprint density at radius 1 is 1.05 bits per heavy atom. The highest BCUT2D eigenvalue weighted by Crippen LogP contribution is 2.22. The zero-order valence-electron chi connectivity index (χ0n) is 15.7. The summed E-state index contributed by atoms with van der Waals surface area (Å²) in [5.41, 5.74) is 0.482. The number of amides is 1. The summed E-state index contributed by atoms with van der Waals surface area (Å²) in [5, 5.41) is 0. The van der Waals surface area contributed by atoms with Crippen molar-refractivity contribution < 1.29 is 4.79 Å². The van der Waals surface area contributed by atoms with E-state index in [0.29, 0.717) is 23.9 Å². The van der Waals surface area contributed by atoms with E-state index in [1.54, 1.807) is 0 Å². The Bertz CT molecular complexity index is 322. The second-order valence-electron chi connectivity index (χ2n) is 8.20. The number of nitrogens with zero attached hydrogens (tertiary/aromatic N) is 2. The molecule has 0 radical (unpaired) electrons. The standard InChI is InChI=1S/C19H38N2O/c1-6-17(2)21-15-14-20(16-18(21)22)13-11-9-7-8-10-12-19(3,4)5/h17H,6-16H2,1-5H3. The van der Waals surface area contributed by atoms with Gasteiger partial charge in [-0.05, 0) is 38.1 Å². The molecule has 22 heavy (non-hydrogen) atoms. The van der Waals surface area contributed by atoms with Crippen molar-refractivity contribution in [3.63, 3.8) is 0 Å². The summed E-state index contributed by atoms with van der Waals surface area (Å²) in [6.07, 6.45) is 9.00. The van der Waals surface area contributed by atoms with Crippen molar-refractivity contribution in [3.05, 3.63) is 0 Å². The zero-order valence-corrected chi connectivity index (χ0v) is 15.7. The Labute approximate surface area is 138 Å². The van der Waals surface area contributed by atoms with Gasteiger partial charge in [-0.15, -0.1) is 0 Å². The van der Waals surface area contributed by atoms with Crippen LogP contribution in [0.2, 0.25) is 0 Å². The van der Waals surface area contributed by atoms with Crippen LogP contribution in [-0.4, -0.2) is 47.9 Å². The van der Waals surface area contributed by atoms with E-state index in [4.69, 9.17) is 0 Å². The molecule has 3 heteroatoms. The molecule has 1 rings (SSSR count). The predicted molar refractivity (Wildman–Crippen MR) is 95.1 cm³/mol. The maximum atomic E-state index is 12.2. The summed E-state index contributed by atoms with van der Waals surface area (Å²) < 4.78 is 0. The van der Waals surface area contributed by atoms with Crippen molar-refractivity contribution in [1.82, 2.24) is 9.80 Å². The summed E-state index contributed by atoms with van der Waals surface area (Å²) in [6, 6.07) is 0.400. The van der Waals surface area contributed by atoms with Crippen LogP contribution in [0.15, 0.2) is 0 Å². The van der Waals surface area contributed by atoms with E-state index in [1.807, 2.05) is 0 Å². The fourth-order valence-electron chi connectivity index (χ4n) is 3.13. The second kappa shape index (κ2) is 9.54. The van der Waals surface area contributed by atoms with Gasteiger partial charge in [-0.25, -0.2) is 0 Å². The summed E-state index contributed by atoms with van der Waals surface area (Å²) in [5.74, 6) is 0.325. The number of hydrogen-bond acceptors (Lipinski definition) is 2.